The summed E-state index contributed by atoms with van der Waals surface area (Å²) in [5, 5.41) is 3.95. The van der Waals surface area contributed by atoms with Gasteiger partial charge < -0.3 is 27.9 Å². The SMILES string of the molecule is C=CCn1c2c3cc(OC)c(OC(C)C)cc3ccc2c2c(=O)oc3cc(OC(C)C)c(OC)cc3c21. The Morgan fingerprint density at radius 3 is 2.05 bits per heavy atom. The zero-order valence-corrected chi connectivity index (χ0v) is 22.0. The van der Waals surface area contributed by atoms with Crippen molar-refractivity contribution in [1.82, 2.24) is 4.57 Å². The number of aromatic nitrogens is 1. The summed E-state index contributed by atoms with van der Waals surface area (Å²) in [7, 11) is 3.22. The van der Waals surface area contributed by atoms with Gasteiger partial charge in [0.05, 0.1) is 42.8 Å². The second-order valence-corrected chi connectivity index (χ2v) is 9.53. The molecule has 0 atom stereocenters. The third-order valence-corrected chi connectivity index (χ3v) is 6.29. The lowest BCUT2D eigenvalue weighted by atomic mass is 10.0. The van der Waals surface area contributed by atoms with E-state index in [1.165, 1.54) is 0 Å². The summed E-state index contributed by atoms with van der Waals surface area (Å²) < 4.78 is 31.2. The van der Waals surface area contributed by atoms with Crippen molar-refractivity contribution in [3.05, 3.63) is 59.5 Å². The van der Waals surface area contributed by atoms with Crippen molar-refractivity contribution in [2.24, 2.45) is 0 Å². The highest BCUT2D eigenvalue weighted by molar-refractivity contribution is 6.22. The smallest absolute Gasteiger partial charge is 0.346 e. The van der Waals surface area contributed by atoms with Gasteiger partial charge in [-0.2, -0.15) is 0 Å². The molecular formula is C30H31NO6. The Kier molecular flexibility index (Phi) is 6.23. The predicted octanol–water partition coefficient (Wildman–Crippen LogP) is 6.83. The number of allylic oxidation sites excluding steroid dienone is 1. The van der Waals surface area contributed by atoms with E-state index >= 15 is 0 Å². The van der Waals surface area contributed by atoms with Crippen LogP contribution >= 0.6 is 0 Å². The number of methoxy groups -OCH3 is 2. The highest BCUT2D eigenvalue weighted by Gasteiger charge is 2.22. The lowest BCUT2D eigenvalue weighted by Gasteiger charge is -2.16. The van der Waals surface area contributed by atoms with Crippen LogP contribution in [0.25, 0.3) is 43.5 Å². The van der Waals surface area contributed by atoms with Gasteiger partial charge in [0.2, 0.25) is 0 Å². The quantitative estimate of drug-likeness (QED) is 0.171. The Morgan fingerprint density at radius 2 is 1.46 bits per heavy atom. The minimum absolute atomic E-state index is 0.00200. The number of benzene rings is 3. The van der Waals surface area contributed by atoms with Crippen LogP contribution < -0.4 is 24.6 Å². The molecule has 0 saturated heterocycles. The van der Waals surface area contributed by atoms with Crippen molar-refractivity contribution >= 4 is 43.5 Å². The van der Waals surface area contributed by atoms with E-state index in [0.717, 1.165) is 32.6 Å². The van der Waals surface area contributed by atoms with E-state index in [2.05, 4.69) is 11.1 Å². The summed E-state index contributed by atoms with van der Waals surface area (Å²) in [5.74, 6) is 2.38. The molecule has 192 valence electrons. The van der Waals surface area contributed by atoms with Crippen LogP contribution in [0.5, 0.6) is 23.0 Å². The molecule has 0 amide bonds. The Hall–Kier alpha value is -4.13. The summed E-state index contributed by atoms with van der Waals surface area (Å²) in [6.07, 6.45) is 1.75. The van der Waals surface area contributed by atoms with Crippen molar-refractivity contribution in [3.8, 4) is 23.0 Å². The number of hydrogen-bond donors (Lipinski definition) is 0. The van der Waals surface area contributed by atoms with Crippen molar-refractivity contribution in [3.63, 3.8) is 0 Å². The number of rotatable bonds is 8. The fraction of sp³-hybridized carbons (Fsp3) is 0.300. The molecule has 0 saturated carbocycles. The van der Waals surface area contributed by atoms with Crippen molar-refractivity contribution < 1.29 is 23.4 Å². The standard InChI is InChI=1S/C30H31NO6/c1-8-11-31-28-19(10-9-18-12-25(35-16(2)3)23(33-6)13-20(18)28)27-29(31)21-14-24(34-7)26(36-17(4)5)15-22(21)37-30(27)32/h8-10,12-17H,1,11H2,2-7H3. The summed E-state index contributed by atoms with van der Waals surface area (Å²) in [4.78, 5) is 13.4. The molecule has 7 heteroatoms. The van der Waals surface area contributed by atoms with E-state index in [1.54, 1.807) is 20.3 Å². The predicted molar refractivity (Wildman–Crippen MR) is 148 cm³/mol. The highest BCUT2D eigenvalue weighted by atomic mass is 16.5. The maximum Gasteiger partial charge on any atom is 0.346 e. The van der Waals surface area contributed by atoms with Crippen LogP contribution in [0.3, 0.4) is 0 Å². The van der Waals surface area contributed by atoms with Crippen LogP contribution in [0, 0.1) is 0 Å². The van der Waals surface area contributed by atoms with Crippen LogP contribution in [0.2, 0.25) is 0 Å². The first-order valence-corrected chi connectivity index (χ1v) is 12.3. The molecule has 0 fully saturated rings. The first-order valence-electron chi connectivity index (χ1n) is 12.3. The first kappa shape index (κ1) is 24.6. The van der Waals surface area contributed by atoms with Gasteiger partial charge >= 0.3 is 5.63 Å². The molecule has 0 bridgehead atoms. The zero-order chi connectivity index (χ0) is 26.4. The van der Waals surface area contributed by atoms with Crippen LogP contribution in [0.1, 0.15) is 27.7 Å². The molecule has 0 aliphatic carbocycles. The largest absolute Gasteiger partial charge is 0.493 e. The van der Waals surface area contributed by atoms with E-state index in [-0.39, 0.29) is 12.2 Å². The molecule has 0 aliphatic heterocycles. The van der Waals surface area contributed by atoms with Gasteiger partial charge in [-0.25, -0.2) is 4.79 Å². The summed E-state index contributed by atoms with van der Waals surface area (Å²) in [6, 6.07) is 11.5. The number of ether oxygens (including phenoxy) is 4. The van der Waals surface area contributed by atoms with Crippen LogP contribution in [-0.4, -0.2) is 31.0 Å². The van der Waals surface area contributed by atoms with Crippen LogP contribution in [0.15, 0.2) is 58.3 Å². The Morgan fingerprint density at radius 1 is 0.838 bits per heavy atom. The third kappa shape index (κ3) is 4.04. The minimum Gasteiger partial charge on any atom is -0.493 e. The molecule has 0 spiro atoms. The van der Waals surface area contributed by atoms with Crippen molar-refractivity contribution in [1.29, 1.82) is 0 Å². The zero-order valence-electron chi connectivity index (χ0n) is 22.0. The Labute approximate surface area is 214 Å². The molecule has 0 aliphatic rings. The fourth-order valence-corrected chi connectivity index (χ4v) is 4.95. The second kappa shape index (κ2) is 9.39. The first-order chi connectivity index (χ1) is 17.8. The fourth-order valence-electron chi connectivity index (χ4n) is 4.95. The van der Waals surface area contributed by atoms with Gasteiger partial charge in [0.15, 0.2) is 23.0 Å². The molecule has 7 nitrogen and oxygen atoms in total. The van der Waals surface area contributed by atoms with Gasteiger partial charge in [-0.15, -0.1) is 6.58 Å². The van der Waals surface area contributed by atoms with Gasteiger partial charge in [-0.1, -0.05) is 18.2 Å². The average molecular weight is 502 g/mol. The molecule has 2 heterocycles. The van der Waals surface area contributed by atoms with E-state index in [4.69, 9.17) is 23.4 Å². The molecule has 5 rings (SSSR count). The molecular weight excluding hydrogens is 470 g/mol. The summed E-state index contributed by atoms with van der Waals surface area (Å²) in [5.41, 5.74) is 1.66. The highest BCUT2D eigenvalue weighted by Crippen LogP contribution is 2.42. The molecule has 2 aromatic heterocycles. The molecule has 37 heavy (non-hydrogen) atoms. The minimum atomic E-state index is -0.415. The van der Waals surface area contributed by atoms with E-state index in [1.807, 2.05) is 64.1 Å². The third-order valence-electron chi connectivity index (χ3n) is 6.29. The topological polar surface area (TPSA) is 72.1 Å². The second-order valence-electron chi connectivity index (χ2n) is 9.53. The van der Waals surface area contributed by atoms with E-state index in [9.17, 15) is 4.79 Å². The number of fused-ring (bicyclic) bond motifs is 7. The molecule has 5 aromatic rings. The molecule has 0 radical (unpaired) electrons. The van der Waals surface area contributed by atoms with E-state index < -0.39 is 5.63 Å². The lowest BCUT2D eigenvalue weighted by molar-refractivity contribution is 0.230. The maximum atomic E-state index is 13.4. The van der Waals surface area contributed by atoms with E-state index in [0.29, 0.717) is 40.5 Å². The Balaban J connectivity index is 1.95. The molecule has 3 aromatic carbocycles. The normalized spacial score (nSPS) is 11.8. The lowest BCUT2D eigenvalue weighted by Crippen LogP contribution is -2.07. The number of hydrogen-bond acceptors (Lipinski definition) is 6. The molecule has 0 unspecified atom stereocenters. The molecule has 0 N–H and O–H groups in total. The van der Waals surface area contributed by atoms with Crippen LogP contribution in [0.4, 0.5) is 0 Å². The Bertz CT molecular complexity index is 1720. The van der Waals surface area contributed by atoms with Crippen LogP contribution in [-0.2, 0) is 6.54 Å². The average Bonchev–Trinajstić information content (AvgIpc) is 3.18. The van der Waals surface area contributed by atoms with Gasteiger partial charge in [0, 0.05) is 28.8 Å². The maximum absolute atomic E-state index is 13.4. The summed E-state index contributed by atoms with van der Waals surface area (Å²) in [6.45, 7) is 12.3. The number of nitrogens with zero attached hydrogens (tertiary/aromatic N) is 1. The van der Waals surface area contributed by atoms with Gasteiger partial charge in [-0.05, 0) is 51.3 Å². The van der Waals surface area contributed by atoms with Gasteiger partial charge in [-0.3, -0.25) is 0 Å². The van der Waals surface area contributed by atoms with Crippen molar-refractivity contribution in [2.75, 3.05) is 14.2 Å². The van der Waals surface area contributed by atoms with Gasteiger partial charge in [0.25, 0.3) is 0 Å². The van der Waals surface area contributed by atoms with Gasteiger partial charge in [0.1, 0.15) is 5.58 Å². The monoisotopic (exact) mass is 501 g/mol. The van der Waals surface area contributed by atoms with Crippen molar-refractivity contribution in [2.45, 2.75) is 46.4 Å². The summed E-state index contributed by atoms with van der Waals surface area (Å²) >= 11 is 0.